The summed E-state index contributed by atoms with van der Waals surface area (Å²) in [5, 5.41) is 3.46. The van der Waals surface area contributed by atoms with Crippen molar-refractivity contribution in [2.24, 2.45) is 11.7 Å². The van der Waals surface area contributed by atoms with Gasteiger partial charge in [0.15, 0.2) is 0 Å². The van der Waals surface area contributed by atoms with Crippen LogP contribution >= 0.6 is 0 Å². The summed E-state index contributed by atoms with van der Waals surface area (Å²) in [7, 11) is 0. The predicted octanol–water partition coefficient (Wildman–Crippen LogP) is 3.50. The van der Waals surface area contributed by atoms with E-state index < -0.39 is 5.91 Å². The third-order valence-corrected chi connectivity index (χ3v) is 3.79. The summed E-state index contributed by atoms with van der Waals surface area (Å²) in [6.45, 7) is 6.90. The van der Waals surface area contributed by atoms with Crippen LogP contribution in [-0.2, 0) is 13.2 Å². The number of primary amides is 1. The van der Waals surface area contributed by atoms with E-state index in [1.54, 1.807) is 24.3 Å². The van der Waals surface area contributed by atoms with Gasteiger partial charge in [-0.25, -0.2) is 0 Å². The van der Waals surface area contributed by atoms with Gasteiger partial charge in [0.2, 0.25) is 5.91 Å². The molecule has 128 valence electrons. The number of hydrogen-bond acceptors (Lipinski definition) is 3. The van der Waals surface area contributed by atoms with Crippen LogP contribution in [0.5, 0.6) is 5.75 Å². The Morgan fingerprint density at radius 2 is 1.67 bits per heavy atom. The minimum Gasteiger partial charge on any atom is -0.489 e. The van der Waals surface area contributed by atoms with Gasteiger partial charge in [-0.2, -0.15) is 0 Å². The summed E-state index contributed by atoms with van der Waals surface area (Å²) >= 11 is 0. The Hall–Kier alpha value is -2.33. The SMILES string of the molecule is CC(C)CCNCc1ccc(COc2ccc(C(N)=O)cc2)cc1. The van der Waals surface area contributed by atoms with Crippen LogP contribution < -0.4 is 15.8 Å². The molecule has 2 aromatic carbocycles. The Balaban J connectivity index is 1.78. The van der Waals surface area contributed by atoms with Crippen molar-refractivity contribution in [2.75, 3.05) is 6.54 Å². The van der Waals surface area contributed by atoms with Crippen molar-refractivity contribution in [3.63, 3.8) is 0 Å². The highest BCUT2D eigenvalue weighted by atomic mass is 16.5. The first-order valence-corrected chi connectivity index (χ1v) is 8.36. The molecule has 0 spiro atoms. The molecule has 4 heteroatoms. The number of carbonyl (C=O) groups excluding carboxylic acids is 1. The van der Waals surface area contributed by atoms with Crippen LogP contribution in [0.1, 0.15) is 41.8 Å². The standard InChI is InChI=1S/C20H26N2O2/c1-15(2)11-12-22-13-16-3-5-17(6-4-16)14-24-19-9-7-18(8-10-19)20(21)23/h3-10,15,22H,11-14H2,1-2H3,(H2,21,23). The lowest BCUT2D eigenvalue weighted by atomic mass is 10.1. The van der Waals surface area contributed by atoms with E-state index in [2.05, 4.69) is 43.4 Å². The van der Waals surface area contributed by atoms with E-state index in [1.165, 1.54) is 12.0 Å². The molecule has 0 aliphatic heterocycles. The lowest BCUT2D eigenvalue weighted by molar-refractivity contribution is 0.1000. The molecule has 0 atom stereocenters. The second-order valence-electron chi connectivity index (χ2n) is 6.35. The lowest BCUT2D eigenvalue weighted by Crippen LogP contribution is -2.16. The molecule has 4 nitrogen and oxygen atoms in total. The zero-order valence-electron chi connectivity index (χ0n) is 14.4. The van der Waals surface area contributed by atoms with Crippen molar-refractivity contribution in [1.82, 2.24) is 5.32 Å². The van der Waals surface area contributed by atoms with Crippen LogP contribution in [-0.4, -0.2) is 12.5 Å². The molecule has 0 unspecified atom stereocenters. The summed E-state index contributed by atoms with van der Waals surface area (Å²) in [6, 6.07) is 15.3. The maximum atomic E-state index is 11.0. The lowest BCUT2D eigenvalue weighted by Gasteiger charge is -2.09. The first kappa shape index (κ1) is 18.0. The van der Waals surface area contributed by atoms with Gasteiger partial charge >= 0.3 is 0 Å². The normalized spacial score (nSPS) is 10.8. The monoisotopic (exact) mass is 326 g/mol. The van der Waals surface area contributed by atoms with E-state index in [-0.39, 0.29) is 0 Å². The Morgan fingerprint density at radius 1 is 1.04 bits per heavy atom. The molecule has 2 aromatic rings. The molecule has 0 saturated heterocycles. The molecule has 0 aliphatic carbocycles. The molecule has 0 fully saturated rings. The minimum absolute atomic E-state index is 0.431. The van der Waals surface area contributed by atoms with Gasteiger partial charge in [0.25, 0.3) is 0 Å². The molecule has 0 bridgehead atoms. The highest BCUT2D eigenvalue weighted by Gasteiger charge is 2.01. The third-order valence-electron chi connectivity index (χ3n) is 3.79. The van der Waals surface area contributed by atoms with E-state index in [9.17, 15) is 4.79 Å². The Kier molecular flexibility index (Phi) is 6.82. The fourth-order valence-corrected chi connectivity index (χ4v) is 2.26. The van der Waals surface area contributed by atoms with E-state index in [4.69, 9.17) is 10.5 Å². The molecule has 24 heavy (non-hydrogen) atoms. The molecule has 0 radical (unpaired) electrons. The number of rotatable bonds is 9. The fraction of sp³-hybridized carbons (Fsp3) is 0.350. The molecule has 0 aliphatic rings. The molecule has 3 N–H and O–H groups in total. The average molecular weight is 326 g/mol. The second kappa shape index (κ2) is 9.08. The highest BCUT2D eigenvalue weighted by Crippen LogP contribution is 2.14. The number of benzene rings is 2. The van der Waals surface area contributed by atoms with Crippen molar-refractivity contribution in [3.05, 3.63) is 65.2 Å². The zero-order chi connectivity index (χ0) is 17.4. The first-order chi connectivity index (χ1) is 11.5. The van der Waals surface area contributed by atoms with Gasteiger partial charge in [-0.05, 0) is 54.3 Å². The molecule has 0 saturated carbocycles. The first-order valence-electron chi connectivity index (χ1n) is 8.36. The van der Waals surface area contributed by atoms with Gasteiger partial charge in [0, 0.05) is 12.1 Å². The van der Waals surface area contributed by atoms with Gasteiger partial charge in [-0.15, -0.1) is 0 Å². The maximum Gasteiger partial charge on any atom is 0.248 e. The molecular weight excluding hydrogens is 300 g/mol. The Morgan fingerprint density at radius 3 is 2.25 bits per heavy atom. The summed E-state index contributed by atoms with van der Waals surface area (Å²) in [6.07, 6.45) is 1.19. The van der Waals surface area contributed by atoms with E-state index in [0.29, 0.717) is 12.2 Å². The number of ether oxygens (including phenoxy) is 1. The Labute approximate surface area is 144 Å². The van der Waals surface area contributed by atoms with Gasteiger partial charge < -0.3 is 15.8 Å². The topological polar surface area (TPSA) is 64.3 Å². The van der Waals surface area contributed by atoms with Gasteiger partial charge in [0.1, 0.15) is 12.4 Å². The van der Waals surface area contributed by atoms with Gasteiger partial charge in [-0.1, -0.05) is 38.1 Å². The number of nitrogens with one attached hydrogen (secondary N) is 1. The second-order valence-corrected chi connectivity index (χ2v) is 6.35. The predicted molar refractivity (Wildman–Crippen MR) is 96.9 cm³/mol. The number of nitrogens with two attached hydrogens (primary N) is 1. The highest BCUT2D eigenvalue weighted by molar-refractivity contribution is 5.92. The van der Waals surface area contributed by atoms with E-state index in [1.807, 2.05) is 0 Å². The van der Waals surface area contributed by atoms with Crippen molar-refractivity contribution in [3.8, 4) is 5.75 Å². The fourth-order valence-electron chi connectivity index (χ4n) is 2.26. The molecular formula is C20H26N2O2. The molecule has 0 aromatic heterocycles. The van der Waals surface area contributed by atoms with Gasteiger partial charge in [0.05, 0.1) is 0 Å². The van der Waals surface area contributed by atoms with Crippen LogP contribution in [0, 0.1) is 5.92 Å². The number of carbonyl (C=O) groups is 1. The van der Waals surface area contributed by atoms with Crippen molar-refractivity contribution in [2.45, 2.75) is 33.4 Å². The summed E-state index contributed by atoms with van der Waals surface area (Å²) < 4.78 is 5.72. The quantitative estimate of drug-likeness (QED) is 0.693. The van der Waals surface area contributed by atoms with Crippen LogP contribution in [0.15, 0.2) is 48.5 Å². The van der Waals surface area contributed by atoms with Crippen molar-refractivity contribution >= 4 is 5.91 Å². The van der Waals surface area contributed by atoms with Crippen LogP contribution in [0.4, 0.5) is 0 Å². The van der Waals surface area contributed by atoms with Crippen LogP contribution in [0.2, 0.25) is 0 Å². The smallest absolute Gasteiger partial charge is 0.248 e. The third kappa shape index (κ3) is 6.05. The maximum absolute atomic E-state index is 11.0. The number of amides is 1. The largest absolute Gasteiger partial charge is 0.489 e. The van der Waals surface area contributed by atoms with E-state index in [0.717, 1.165) is 30.3 Å². The number of hydrogen-bond donors (Lipinski definition) is 2. The van der Waals surface area contributed by atoms with Crippen LogP contribution in [0.3, 0.4) is 0 Å². The molecule has 2 rings (SSSR count). The van der Waals surface area contributed by atoms with Crippen LogP contribution in [0.25, 0.3) is 0 Å². The Bertz CT molecular complexity index is 634. The zero-order valence-corrected chi connectivity index (χ0v) is 14.4. The summed E-state index contributed by atoms with van der Waals surface area (Å²) in [4.78, 5) is 11.0. The van der Waals surface area contributed by atoms with Crippen molar-refractivity contribution < 1.29 is 9.53 Å². The average Bonchev–Trinajstić information content (AvgIpc) is 2.58. The minimum atomic E-state index is -0.431. The van der Waals surface area contributed by atoms with Gasteiger partial charge in [-0.3, -0.25) is 4.79 Å². The summed E-state index contributed by atoms with van der Waals surface area (Å²) in [5.74, 6) is 1.02. The summed E-state index contributed by atoms with van der Waals surface area (Å²) in [5.41, 5.74) is 8.08. The van der Waals surface area contributed by atoms with Crippen molar-refractivity contribution in [1.29, 1.82) is 0 Å². The molecule has 1 amide bonds. The molecule has 0 heterocycles. The van der Waals surface area contributed by atoms with E-state index >= 15 is 0 Å².